The van der Waals surface area contributed by atoms with E-state index in [4.69, 9.17) is 0 Å². The van der Waals surface area contributed by atoms with Gasteiger partial charge < -0.3 is 10.2 Å². The molecule has 1 saturated heterocycles. The summed E-state index contributed by atoms with van der Waals surface area (Å²) >= 11 is 0. The molecule has 2 nitrogen and oxygen atoms in total. The molecular weight excluding hydrogens is 275 g/mol. The third-order valence-corrected chi connectivity index (χ3v) is 4.56. The molecule has 3 heteroatoms. The van der Waals surface area contributed by atoms with Crippen molar-refractivity contribution in [3.05, 3.63) is 35.4 Å². The molecule has 1 N–H and O–H groups in total. The van der Waals surface area contributed by atoms with E-state index in [1.165, 1.54) is 11.3 Å². The Balaban J connectivity index is 2.43. The van der Waals surface area contributed by atoms with Gasteiger partial charge in [-0.3, -0.25) is 4.39 Å². The molecule has 1 heterocycles. The maximum Gasteiger partial charge on any atom is 0.0985 e. The lowest BCUT2D eigenvalue weighted by Crippen LogP contribution is -2.54. The van der Waals surface area contributed by atoms with Gasteiger partial charge in [-0.15, -0.1) is 0 Å². The number of hydrogen-bond donors (Lipinski definition) is 1. The summed E-state index contributed by atoms with van der Waals surface area (Å²) in [4.78, 5) is 2.46. The van der Waals surface area contributed by atoms with Crippen LogP contribution in [0.25, 0.3) is 6.08 Å². The van der Waals surface area contributed by atoms with Gasteiger partial charge in [0.25, 0.3) is 0 Å². The summed E-state index contributed by atoms with van der Waals surface area (Å²) in [6.45, 7) is 12.1. The van der Waals surface area contributed by atoms with Gasteiger partial charge >= 0.3 is 0 Å². The summed E-state index contributed by atoms with van der Waals surface area (Å²) < 4.78 is 13.3. The normalized spacial score (nSPS) is 23.3. The second-order valence-corrected chi connectivity index (χ2v) is 7.10. The van der Waals surface area contributed by atoms with Crippen molar-refractivity contribution in [2.75, 3.05) is 24.7 Å². The van der Waals surface area contributed by atoms with E-state index in [0.29, 0.717) is 12.1 Å². The molecule has 0 spiro atoms. The van der Waals surface area contributed by atoms with Crippen LogP contribution >= 0.6 is 0 Å². The molecule has 2 rings (SSSR count). The average Bonchev–Trinajstić information content (AvgIpc) is 2.50. The van der Waals surface area contributed by atoms with Crippen LogP contribution < -0.4 is 10.2 Å². The molecule has 0 aromatic heterocycles. The minimum atomic E-state index is -0.433. The number of rotatable bonds is 4. The molecule has 2 atom stereocenters. The highest BCUT2D eigenvalue weighted by atomic mass is 19.1. The lowest BCUT2D eigenvalue weighted by atomic mass is 9.84. The van der Waals surface area contributed by atoms with Crippen LogP contribution in [0.4, 0.5) is 10.1 Å². The Morgan fingerprint density at radius 1 is 1.36 bits per heavy atom. The summed E-state index contributed by atoms with van der Waals surface area (Å²) in [6, 6.07) is 7.34. The molecule has 22 heavy (non-hydrogen) atoms. The first kappa shape index (κ1) is 17.0. The number of allylic oxidation sites excluding steroid dienone is 1. The summed E-state index contributed by atoms with van der Waals surface area (Å²) in [5, 5.41) is 3.52. The fourth-order valence-electron chi connectivity index (χ4n) is 2.98. The Hall–Kier alpha value is -1.35. The monoisotopic (exact) mass is 304 g/mol. The Morgan fingerprint density at radius 2 is 2.09 bits per heavy atom. The van der Waals surface area contributed by atoms with Gasteiger partial charge in [0.1, 0.15) is 0 Å². The lowest BCUT2D eigenvalue weighted by Gasteiger charge is -2.40. The van der Waals surface area contributed by atoms with Crippen molar-refractivity contribution in [2.45, 2.75) is 52.1 Å². The summed E-state index contributed by atoms with van der Waals surface area (Å²) in [6.07, 6.45) is 4.19. The van der Waals surface area contributed by atoms with Crippen LogP contribution in [0.1, 0.15) is 45.7 Å². The van der Waals surface area contributed by atoms with Crippen molar-refractivity contribution in [2.24, 2.45) is 0 Å². The number of piperazine rings is 1. The summed E-state index contributed by atoms with van der Waals surface area (Å²) in [5.74, 6) is 0. The SMILES string of the molecule is C/C=C\c1cc(C(C)(C)CF)ccc1N1CC(C)NC[C@H]1C. The lowest BCUT2D eigenvalue weighted by molar-refractivity contribution is 0.351. The molecule has 0 aliphatic carbocycles. The van der Waals surface area contributed by atoms with Gasteiger partial charge in [-0.1, -0.05) is 32.1 Å². The first-order valence-electron chi connectivity index (χ1n) is 8.22. The zero-order valence-electron chi connectivity index (χ0n) is 14.5. The molecule has 1 aromatic rings. The smallest absolute Gasteiger partial charge is 0.0985 e. The molecule has 1 unspecified atom stereocenters. The standard InChI is InChI=1S/C19H29FN2/c1-6-7-16-10-17(19(4,5)13-20)8-9-18(16)22-12-14(2)21-11-15(22)3/h6-10,14-15,21H,11-13H2,1-5H3/b7-6-/t14?,15-/m1/s1. The number of nitrogens with zero attached hydrogens (tertiary/aromatic N) is 1. The Morgan fingerprint density at radius 3 is 2.73 bits per heavy atom. The van der Waals surface area contributed by atoms with Crippen LogP contribution in [-0.2, 0) is 5.41 Å². The van der Waals surface area contributed by atoms with Crippen molar-refractivity contribution >= 4 is 11.8 Å². The quantitative estimate of drug-likeness (QED) is 0.899. The van der Waals surface area contributed by atoms with Crippen LogP contribution in [0.3, 0.4) is 0 Å². The van der Waals surface area contributed by atoms with E-state index < -0.39 is 5.41 Å². The summed E-state index contributed by atoms with van der Waals surface area (Å²) in [7, 11) is 0. The van der Waals surface area contributed by atoms with Gasteiger partial charge in [-0.2, -0.15) is 0 Å². The van der Waals surface area contributed by atoms with Crippen molar-refractivity contribution in [3.63, 3.8) is 0 Å². The van der Waals surface area contributed by atoms with Crippen LogP contribution in [0, 0.1) is 0 Å². The van der Waals surface area contributed by atoms with Crippen LogP contribution in [0.2, 0.25) is 0 Å². The highest BCUT2D eigenvalue weighted by Crippen LogP contribution is 2.32. The number of nitrogens with one attached hydrogen (secondary N) is 1. The van der Waals surface area contributed by atoms with E-state index in [1.54, 1.807) is 0 Å². The second kappa shape index (κ2) is 6.82. The first-order chi connectivity index (χ1) is 10.4. The third-order valence-electron chi connectivity index (χ3n) is 4.56. The van der Waals surface area contributed by atoms with Gasteiger partial charge in [-0.05, 0) is 44.0 Å². The van der Waals surface area contributed by atoms with Crippen LogP contribution in [0.5, 0.6) is 0 Å². The minimum Gasteiger partial charge on any atom is -0.366 e. The van der Waals surface area contributed by atoms with Crippen molar-refractivity contribution in [3.8, 4) is 0 Å². The van der Waals surface area contributed by atoms with Crippen molar-refractivity contribution in [1.29, 1.82) is 0 Å². The zero-order valence-corrected chi connectivity index (χ0v) is 14.5. The molecule has 0 amide bonds. The number of alkyl halides is 1. The van der Waals surface area contributed by atoms with Crippen LogP contribution in [-0.4, -0.2) is 31.8 Å². The largest absolute Gasteiger partial charge is 0.366 e. The van der Waals surface area contributed by atoms with Crippen molar-refractivity contribution in [1.82, 2.24) is 5.32 Å². The molecule has 0 radical (unpaired) electrons. The molecule has 1 fully saturated rings. The van der Waals surface area contributed by atoms with Crippen molar-refractivity contribution < 1.29 is 4.39 Å². The highest BCUT2D eigenvalue weighted by molar-refractivity contribution is 5.69. The Kier molecular flexibility index (Phi) is 5.28. The van der Waals surface area contributed by atoms with E-state index >= 15 is 0 Å². The predicted octanol–water partition coefficient (Wildman–Crippen LogP) is 4.15. The van der Waals surface area contributed by atoms with Gasteiger partial charge in [-0.25, -0.2) is 0 Å². The Labute approximate surface area is 134 Å². The molecule has 0 bridgehead atoms. The minimum absolute atomic E-state index is 0.345. The fraction of sp³-hybridized carbons (Fsp3) is 0.579. The zero-order chi connectivity index (χ0) is 16.3. The first-order valence-corrected chi connectivity index (χ1v) is 8.22. The third kappa shape index (κ3) is 3.52. The topological polar surface area (TPSA) is 15.3 Å². The van der Waals surface area contributed by atoms with E-state index in [2.05, 4.69) is 54.4 Å². The highest BCUT2D eigenvalue weighted by Gasteiger charge is 2.26. The van der Waals surface area contributed by atoms with Gasteiger partial charge in [0.15, 0.2) is 0 Å². The van der Waals surface area contributed by atoms with Gasteiger partial charge in [0.05, 0.1) is 6.67 Å². The number of hydrogen-bond acceptors (Lipinski definition) is 2. The van der Waals surface area contributed by atoms with Crippen LogP contribution in [0.15, 0.2) is 24.3 Å². The maximum atomic E-state index is 13.3. The maximum absolute atomic E-state index is 13.3. The predicted molar refractivity (Wildman–Crippen MR) is 94.4 cm³/mol. The molecule has 1 aliphatic heterocycles. The molecule has 0 saturated carbocycles. The molecule has 1 aliphatic rings. The second-order valence-electron chi connectivity index (χ2n) is 7.10. The van der Waals surface area contributed by atoms with Gasteiger partial charge in [0.2, 0.25) is 0 Å². The van der Waals surface area contributed by atoms with E-state index in [9.17, 15) is 4.39 Å². The van der Waals surface area contributed by atoms with E-state index in [1.807, 2.05) is 20.8 Å². The van der Waals surface area contributed by atoms with Gasteiger partial charge in [0, 0.05) is 36.3 Å². The summed E-state index contributed by atoms with van der Waals surface area (Å²) in [5.41, 5.74) is 3.06. The fourth-order valence-corrected chi connectivity index (χ4v) is 2.98. The average molecular weight is 304 g/mol. The molecule has 1 aromatic carbocycles. The van der Waals surface area contributed by atoms with E-state index in [-0.39, 0.29) is 6.67 Å². The van der Waals surface area contributed by atoms with E-state index in [0.717, 1.165) is 18.7 Å². The number of anilines is 1. The number of benzene rings is 1. The molecular formula is C19H29FN2. The molecule has 122 valence electrons. The Bertz CT molecular complexity index is 536. The number of halogens is 1.